The Bertz CT molecular complexity index is 433. The Labute approximate surface area is 115 Å². The average Bonchev–Trinajstić information content (AvgIpc) is 2.11. The highest BCUT2D eigenvalue weighted by Crippen LogP contribution is 2.35. The summed E-state index contributed by atoms with van der Waals surface area (Å²) >= 11 is 0. The second-order valence-electron chi connectivity index (χ2n) is 6.87. The molecule has 0 bridgehead atoms. The van der Waals surface area contributed by atoms with Gasteiger partial charge in [0.2, 0.25) is 0 Å². The molecular formula is C16H26O3. The van der Waals surface area contributed by atoms with Gasteiger partial charge in [0.1, 0.15) is 0 Å². The number of hydrogen-bond donors (Lipinski definition) is 3. The largest absolute Gasteiger partial charge is 0.386 e. The van der Waals surface area contributed by atoms with Crippen LogP contribution >= 0.6 is 0 Å². The van der Waals surface area contributed by atoms with Crippen LogP contribution in [0.4, 0.5) is 0 Å². The highest BCUT2D eigenvalue weighted by atomic mass is 16.3. The molecule has 3 heteroatoms. The van der Waals surface area contributed by atoms with Gasteiger partial charge in [-0.25, -0.2) is 0 Å². The van der Waals surface area contributed by atoms with Gasteiger partial charge in [0.15, 0.2) is 0 Å². The molecule has 1 aromatic rings. The van der Waals surface area contributed by atoms with Gasteiger partial charge in [-0.05, 0) is 82.9 Å². The monoisotopic (exact) mass is 266 g/mol. The maximum Gasteiger partial charge on any atom is 0.0843 e. The van der Waals surface area contributed by atoms with E-state index in [0.29, 0.717) is 5.56 Å². The first kappa shape index (κ1) is 16.2. The molecule has 0 radical (unpaired) electrons. The van der Waals surface area contributed by atoms with Crippen LogP contribution in [0.3, 0.4) is 0 Å². The Morgan fingerprint density at radius 3 is 1.21 bits per heavy atom. The fourth-order valence-electron chi connectivity index (χ4n) is 2.34. The summed E-state index contributed by atoms with van der Waals surface area (Å²) in [5.41, 5.74) is -0.0708. The predicted octanol–water partition coefficient (Wildman–Crippen LogP) is 2.68. The molecule has 0 atom stereocenters. The molecular weight excluding hydrogens is 240 g/mol. The van der Waals surface area contributed by atoms with Crippen LogP contribution < -0.4 is 0 Å². The third-order valence-corrected chi connectivity index (χ3v) is 3.43. The molecule has 0 fully saturated rings. The first-order chi connectivity index (χ1) is 8.24. The predicted molar refractivity (Wildman–Crippen MR) is 76.9 cm³/mol. The van der Waals surface area contributed by atoms with Gasteiger partial charge >= 0.3 is 0 Å². The van der Waals surface area contributed by atoms with Crippen LogP contribution in [0, 0.1) is 6.92 Å². The van der Waals surface area contributed by atoms with E-state index in [9.17, 15) is 15.3 Å². The standard InChI is InChI=1S/C16H26O3/c1-10-12(15(4,5)18)8-11(14(2,3)17)9-13(10)16(6,7)19/h8-9,17-19H,1-7H3. The maximum atomic E-state index is 10.3. The molecule has 0 amide bonds. The Balaban J connectivity index is 3.68. The third-order valence-electron chi connectivity index (χ3n) is 3.43. The SMILES string of the molecule is Cc1c(C(C)(C)O)cc(C(C)(C)O)cc1C(C)(C)O. The lowest BCUT2D eigenvalue weighted by molar-refractivity contribution is 0.0641. The van der Waals surface area contributed by atoms with Gasteiger partial charge in [-0.15, -0.1) is 0 Å². The second kappa shape index (κ2) is 4.58. The van der Waals surface area contributed by atoms with Crippen LogP contribution in [0.25, 0.3) is 0 Å². The number of aliphatic hydroxyl groups is 3. The van der Waals surface area contributed by atoms with Crippen molar-refractivity contribution in [1.82, 2.24) is 0 Å². The second-order valence-corrected chi connectivity index (χ2v) is 6.87. The molecule has 3 nitrogen and oxygen atoms in total. The molecule has 19 heavy (non-hydrogen) atoms. The van der Waals surface area contributed by atoms with Crippen molar-refractivity contribution in [2.45, 2.75) is 65.3 Å². The summed E-state index contributed by atoms with van der Waals surface area (Å²) in [4.78, 5) is 0. The molecule has 108 valence electrons. The van der Waals surface area contributed by atoms with Gasteiger partial charge < -0.3 is 15.3 Å². The molecule has 0 aromatic heterocycles. The Morgan fingerprint density at radius 2 is 1.00 bits per heavy atom. The topological polar surface area (TPSA) is 60.7 Å². The maximum absolute atomic E-state index is 10.3. The summed E-state index contributed by atoms with van der Waals surface area (Å²) in [6.07, 6.45) is 0. The van der Waals surface area contributed by atoms with Gasteiger partial charge in [0.05, 0.1) is 16.8 Å². The summed E-state index contributed by atoms with van der Waals surface area (Å²) in [5, 5.41) is 30.8. The summed E-state index contributed by atoms with van der Waals surface area (Å²) in [7, 11) is 0. The van der Waals surface area contributed by atoms with Crippen molar-refractivity contribution < 1.29 is 15.3 Å². The number of rotatable bonds is 3. The highest BCUT2D eigenvalue weighted by Gasteiger charge is 2.29. The van der Waals surface area contributed by atoms with E-state index in [-0.39, 0.29) is 0 Å². The minimum absolute atomic E-state index is 0.687. The van der Waals surface area contributed by atoms with E-state index >= 15 is 0 Å². The molecule has 0 spiro atoms. The average molecular weight is 266 g/mol. The van der Waals surface area contributed by atoms with Crippen molar-refractivity contribution in [1.29, 1.82) is 0 Å². The molecule has 0 aliphatic rings. The van der Waals surface area contributed by atoms with Gasteiger partial charge in [0.25, 0.3) is 0 Å². The zero-order chi connectivity index (χ0) is 15.2. The van der Waals surface area contributed by atoms with Crippen LogP contribution in [0.5, 0.6) is 0 Å². The van der Waals surface area contributed by atoms with E-state index in [2.05, 4.69) is 0 Å². The summed E-state index contributed by atoms with van der Waals surface area (Å²) in [6.45, 7) is 12.1. The number of hydrogen-bond acceptors (Lipinski definition) is 3. The normalized spacial score (nSPS) is 13.8. The Morgan fingerprint density at radius 1 is 0.684 bits per heavy atom. The molecule has 0 aliphatic carbocycles. The lowest BCUT2D eigenvalue weighted by Crippen LogP contribution is -2.26. The zero-order valence-electron chi connectivity index (χ0n) is 13.0. The molecule has 1 aromatic carbocycles. The van der Waals surface area contributed by atoms with Crippen LogP contribution in [0.15, 0.2) is 12.1 Å². The van der Waals surface area contributed by atoms with Crippen LogP contribution in [0.2, 0.25) is 0 Å². The molecule has 0 unspecified atom stereocenters. The van der Waals surface area contributed by atoms with E-state index in [0.717, 1.165) is 16.7 Å². The molecule has 0 saturated carbocycles. The van der Waals surface area contributed by atoms with Gasteiger partial charge in [-0.1, -0.05) is 0 Å². The smallest absolute Gasteiger partial charge is 0.0843 e. The molecule has 1 rings (SSSR count). The van der Waals surface area contributed by atoms with E-state index < -0.39 is 16.8 Å². The lowest BCUT2D eigenvalue weighted by Gasteiger charge is -2.30. The highest BCUT2D eigenvalue weighted by molar-refractivity contribution is 5.45. The van der Waals surface area contributed by atoms with Crippen LogP contribution in [0.1, 0.15) is 63.8 Å². The van der Waals surface area contributed by atoms with Gasteiger partial charge in [-0.2, -0.15) is 0 Å². The van der Waals surface area contributed by atoms with Crippen molar-refractivity contribution in [2.24, 2.45) is 0 Å². The van der Waals surface area contributed by atoms with E-state index in [1.54, 1.807) is 41.5 Å². The minimum atomic E-state index is -1.02. The summed E-state index contributed by atoms with van der Waals surface area (Å²) in [5.74, 6) is 0. The fraction of sp³-hybridized carbons (Fsp3) is 0.625. The van der Waals surface area contributed by atoms with E-state index in [1.165, 1.54) is 0 Å². The first-order valence-corrected chi connectivity index (χ1v) is 6.58. The van der Waals surface area contributed by atoms with E-state index in [1.807, 2.05) is 19.1 Å². The molecule has 0 aliphatic heterocycles. The van der Waals surface area contributed by atoms with Crippen molar-refractivity contribution in [3.8, 4) is 0 Å². The minimum Gasteiger partial charge on any atom is -0.386 e. The first-order valence-electron chi connectivity index (χ1n) is 6.58. The van der Waals surface area contributed by atoms with Crippen molar-refractivity contribution in [3.63, 3.8) is 0 Å². The molecule has 3 N–H and O–H groups in total. The summed E-state index contributed by atoms with van der Waals surface area (Å²) < 4.78 is 0. The van der Waals surface area contributed by atoms with Crippen molar-refractivity contribution >= 4 is 0 Å². The van der Waals surface area contributed by atoms with Gasteiger partial charge in [-0.3, -0.25) is 0 Å². The Hall–Kier alpha value is -0.900. The fourth-order valence-corrected chi connectivity index (χ4v) is 2.34. The quantitative estimate of drug-likeness (QED) is 0.788. The van der Waals surface area contributed by atoms with Gasteiger partial charge in [0, 0.05) is 0 Å². The Kier molecular flexibility index (Phi) is 3.90. The molecule has 0 heterocycles. The lowest BCUT2D eigenvalue weighted by atomic mass is 9.81. The van der Waals surface area contributed by atoms with Crippen molar-refractivity contribution in [3.05, 3.63) is 34.4 Å². The van der Waals surface area contributed by atoms with E-state index in [4.69, 9.17) is 0 Å². The molecule has 0 saturated heterocycles. The van der Waals surface area contributed by atoms with Crippen LogP contribution in [-0.4, -0.2) is 15.3 Å². The zero-order valence-corrected chi connectivity index (χ0v) is 13.0. The van der Waals surface area contributed by atoms with Crippen molar-refractivity contribution in [2.75, 3.05) is 0 Å². The summed E-state index contributed by atoms with van der Waals surface area (Å²) in [6, 6.07) is 3.62. The van der Waals surface area contributed by atoms with Crippen LogP contribution in [-0.2, 0) is 16.8 Å². The third kappa shape index (κ3) is 3.56. The number of benzene rings is 1.